The van der Waals surface area contributed by atoms with Crippen LogP contribution in [0.4, 0.5) is 0 Å². The van der Waals surface area contributed by atoms with Crippen molar-refractivity contribution >= 4 is 23.2 Å². The second-order valence-electron chi connectivity index (χ2n) is 4.36. The molecular formula is C12H19N3O2S. The van der Waals surface area contributed by atoms with Gasteiger partial charge < -0.3 is 16.4 Å². The van der Waals surface area contributed by atoms with E-state index >= 15 is 0 Å². The third kappa shape index (κ3) is 4.12. The highest BCUT2D eigenvalue weighted by Crippen LogP contribution is 2.14. The lowest BCUT2D eigenvalue weighted by atomic mass is 10.1. The first-order valence-corrected chi connectivity index (χ1v) is 6.62. The molecule has 6 heteroatoms. The van der Waals surface area contributed by atoms with Crippen LogP contribution in [0.15, 0.2) is 17.5 Å². The smallest absolute Gasteiger partial charge is 0.240 e. The molecule has 4 N–H and O–H groups in total. The van der Waals surface area contributed by atoms with Crippen molar-refractivity contribution in [2.24, 2.45) is 11.5 Å². The van der Waals surface area contributed by atoms with E-state index in [1.807, 2.05) is 24.4 Å². The average molecular weight is 269 g/mol. The van der Waals surface area contributed by atoms with Crippen molar-refractivity contribution in [1.82, 2.24) is 4.90 Å². The summed E-state index contributed by atoms with van der Waals surface area (Å²) in [5.41, 5.74) is 10.7. The summed E-state index contributed by atoms with van der Waals surface area (Å²) in [6.07, 6.45) is 0.665. The van der Waals surface area contributed by atoms with Crippen LogP contribution in [-0.4, -0.2) is 35.8 Å². The molecule has 0 fully saturated rings. The van der Waals surface area contributed by atoms with Crippen molar-refractivity contribution in [3.63, 3.8) is 0 Å². The largest absolute Gasteiger partial charge is 0.370 e. The van der Waals surface area contributed by atoms with E-state index in [1.165, 1.54) is 4.88 Å². The third-order valence-electron chi connectivity index (χ3n) is 2.82. The zero-order valence-corrected chi connectivity index (χ0v) is 11.4. The number of amides is 2. The Hall–Kier alpha value is -1.40. The van der Waals surface area contributed by atoms with E-state index in [-0.39, 0.29) is 18.4 Å². The van der Waals surface area contributed by atoms with Crippen LogP contribution < -0.4 is 11.5 Å². The molecule has 0 radical (unpaired) electrons. The number of rotatable bonds is 6. The number of thiophene rings is 1. The summed E-state index contributed by atoms with van der Waals surface area (Å²) >= 11 is 1.66. The second-order valence-corrected chi connectivity index (χ2v) is 5.39. The van der Waals surface area contributed by atoms with Gasteiger partial charge in [0.05, 0.1) is 12.5 Å². The maximum Gasteiger partial charge on any atom is 0.240 e. The SMILES string of the molecule is CC(Cc1cccs1)N(C)C(=O)C(N)CC(N)=O. The molecule has 1 heterocycles. The van der Waals surface area contributed by atoms with E-state index in [9.17, 15) is 9.59 Å². The molecule has 0 saturated heterocycles. The van der Waals surface area contributed by atoms with E-state index in [1.54, 1.807) is 23.3 Å². The highest BCUT2D eigenvalue weighted by atomic mass is 32.1. The average Bonchev–Trinajstić information content (AvgIpc) is 2.78. The number of carbonyl (C=O) groups excluding carboxylic acids is 2. The summed E-state index contributed by atoms with van der Waals surface area (Å²) in [7, 11) is 1.70. The van der Waals surface area contributed by atoms with Gasteiger partial charge in [-0.15, -0.1) is 11.3 Å². The van der Waals surface area contributed by atoms with Crippen molar-refractivity contribution in [3.05, 3.63) is 22.4 Å². The minimum absolute atomic E-state index is 0.0371. The highest BCUT2D eigenvalue weighted by Gasteiger charge is 2.23. The van der Waals surface area contributed by atoms with Crippen LogP contribution in [0.25, 0.3) is 0 Å². The predicted octanol–water partition coefficient (Wildman–Crippen LogP) is 0.340. The number of hydrogen-bond acceptors (Lipinski definition) is 4. The lowest BCUT2D eigenvalue weighted by Crippen LogP contribution is -2.47. The maximum absolute atomic E-state index is 11.9. The third-order valence-corrected chi connectivity index (χ3v) is 3.72. The van der Waals surface area contributed by atoms with Crippen molar-refractivity contribution in [3.8, 4) is 0 Å². The molecule has 0 aliphatic rings. The van der Waals surface area contributed by atoms with Gasteiger partial charge in [0.1, 0.15) is 0 Å². The fraction of sp³-hybridized carbons (Fsp3) is 0.500. The van der Waals surface area contributed by atoms with E-state index < -0.39 is 11.9 Å². The standard InChI is InChI=1S/C12H19N3O2S/c1-8(6-9-4-3-5-18-9)15(2)12(17)10(13)7-11(14)16/h3-5,8,10H,6-7,13H2,1-2H3,(H2,14,16). The molecule has 100 valence electrons. The molecule has 1 aromatic heterocycles. The Morgan fingerprint density at radius 1 is 1.50 bits per heavy atom. The minimum atomic E-state index is -0.849. The van der Waals surface area contributed by atoms with Crippen molar-refractivity contribution < 1.29 is 9.59 Å². The predicted molar refractivity (Wildman–Crippen MR) is 72.0 cm³/mol. The Bertz CT molecular complexity index is 405. The topological polar surface area (TPSA) is 89.4 Å². The normalized spacial score (nSPS) is 13.9. The van der Waals surface area contributed by atoms with Crippen molar-refractivity contribution in [2.45, 2.75) is 31.8 Å². The minimum Gasteiger partial charge on any atom is -0.370 e. The Labute approximate surface area is 111 Å². The van der Waals surface area contributed by atoms with Gasteiger partial charge in [-0.3, -0.25) is 9.59 Å². The number of likely N-dealkylation sites (N-methyl/N-ethyl adjacent to an activating group) is 1. The zero-order valence-electron chi connectivity index (χ0n) is 10.6. The van der Waals surface area contributed by atoms with Crippen molar-refractivity contribution in [1.29, 1.82) is 0 Å². The molecule has 0 spiro atoms. The quantitative estimate of drug-likeness (QED) is 0.780. The molecule has 0 aliphatic heterocycles. The van der Waals surface area contributed by atoms with Gasteiger partial charge in [-0.2, -0.15) is 0 Å². The summed E-state index contributed by atoms with van der Waals surface area (Å²) in [6, 6.07) is 3.20. The monoisotopic (exact) mass is 269 g/mol. The van der Waals surface area contributed by atoms with Gasteiger partial charge in [0, 0.05) is 24.4 Å². The fourth-order valence-corrected chi connectivity index (χ4v) is 2.47. The summed E-state index contributed by atoms with van der Waals surface area (Å²) in [5, 5.41) is 2.00. The molecule has 0 aliphatic carbocycles. The maximum atomic E-state index is 11.9. The number of hydrogen-bond donors (Lipinski definition) is 2. The van der Waals surface area contributed by atoms with Crippen LogP contribution in [-0.2, 0) is 16.0 Å². The molecule has 1 aromatic rings. The Balaban J connectivity index is 2.54. The van der Waals surface area contributed by atoms with Crippen LogP contribution in [0.3, 0.4) is 0 Å². The first kappa shape index (κ1) is 14.7. The number of primary amides is 1. The molecular weight excluding hydrogens is 250 g/mol. The number of carbonyl (C=O) groups is 2. The molecule has 0 bridgehead atoms. The van der Waals surface area contributed by atoms with E-state index in [2.05, 4.69) is 0 Å². The number of nitrogens with zero attached hydrogens (tertiary/aromatic N) is 1. The summed E-state index contributed by atoms with van der Waals surface area (Å²) < 4.78 is 0. The van der Waals surface area contributed by atoms with Gasteiger partial charge in [-0.1, -0.05) is 6.07 Å². The lowest BCUT2D eigenvalue weighted by Gasteiger charge is -2.27. The Morgan fingerprint density at radius 2 is 2.17 bits per heavy atom. The van der Waals surface area contributed by atoms with Crippen LogP contribution in [0, 0.1) is 0 Å². The molecule has 2 unspecified atom stereocenters. The Morgan fingerprint density at radius 3 is 2.67 bits per heavy atom. The van der Waals surface area contributed by atoms with Gasteiger partial charge in [0.25, 0.3) is 0 Å². The van der Waals surface area contributed by atoms with E-state index in [0.717, 1.165) is 6.42 Å². The van der Waals surface area contributed by atoms with Crippen LogP contribution >= 0.6 is 11.3 Å². The first-order chi connectivity index (χ1) is 8.41. The van der Waals surface area contributed by atoms with Gasteiger partial charge >= 0.3 is 0 Å². The zero-order chi connectivity index (χ0) is 13.7. The molecule has 18 heavy (non-hydrogen) atoms. The van der Waals surface area contributed by atoms with Crippen LogP contribution in [0.5, 0.6) is 0 Å². The second kappa shape index (κ2) is 6.51. The van der Waals surface area contributed by atoms with E-state index in [4.69, 9.17) is 11.5 Å². The van der Waals surface area contributed by atoms with Gasteiger partial charge in [-0.05, 0) is 18.4 Å². The summed E-state index contributed by atoms with van der Waals surface area (Å²) in [4.78, 5) is 25.5. The van der Waals surface area contributed by atoms with Gasteiger partial charge in [0.15, 0.2) is 0 Å². The van der Waals surface area contributed by atoms with Gasteiger partial charge in [0.2, 0.25) is 11.8 Å². The summed E-state index contributed by atoms with van der Waals surface area (Å²) in [5.74, 6) is -0.812. The van der Waals surface area contributed by atoms with Gasteiger partial charge in [-0.25, -0.2) is 0 Å². The van der Waals surface area contributed by atoms with E-state index in [0.29, 0.717) is 0 Å². The molecule has 2 atom stereocenters. The fourth-order valence-electron chi connectivity index (χ4n) is 1.64. The molecule has 0 saturated carbocycles. The van der Waals surface area contributed by atoms with Crippen LogP contribution in [0.2, 0.25) is 0 Å². The molecule has 2 amide bonds. The summed E-state index contributed by atoms with van der Waals surface area (Å²) in [6.45, 7) is 1.95. The Kier molecular flexibility index (Phi) is 5.30. The number of nitrogens with two attached hydrogens (primary N) is 2. The first-order valence-electron chi connectivity index (χ1n) is 5.74. The highest BCUT2D eigenvalue weighted by molar-refractivity contribution is 7.09. The lowest BCUT2D eigenvalue weighted by molar-refractivity contribution is -0.135. The van der Waals surface area contributed by atoms with Crippen LogP contribution in [0.1, 0.15) is 18.2 Å². The molecule has 5 nitrogen and oxygen atoms in total. The van der Waals surface area contributed by atoms with Crippen molar-refractivity contribution in [2.75, 3.05) is 7.05 Å². The molecule has 1 rings (SSSR count). The molecule has 0 aromatic carbocycles.